The van der Waals surface area contributed by atoms with Crippen LogP contribution < -0.4 is 10.2 Å². The van der Waals surface area contributed by atoms with Gasteiger partial charge in [-0.05, 0) is 41.5 Å². The van der Waals surface area contributed by atoms with E-state index < -0.39 is 4.92 Å². The van der Waals surface area contributed by atoms with Crippen molar-refractivity contribution in [1.29, 1.82) is 0 Å². The second-order valence-corrected chi connectivity index (χ2v) is 8.40. The summed E-state index contributed by atoms with van der Waals surface area (Å²) in [6, 6.07) is 22.4. The molecule has 0 atom stereocenters. The van der Waals surface area contributed by atoms with Crippen molar-refractivity contribution in [1.82, 2.24) is 10.3 Å². The molecule has 0 unspecified atom stereocenters. The highest BCUT2D eigenvalue weighted by atomic mass is 16.6. The summed E-state index contributed by atoms with van der Waals surface area (Å²) in [6.45, 7) is 3.80. The molecule has 0 spiro atoms. The fourth-order valence-electron chi connectivity index (χ4n) is 4.37. The van der Waals surface area contributed by atoms with Crippen molar-refractivity contribution in [2.75, 3.05) is 31.1 Å². The molecule has 3 aromatic carbocycles. The van der Waals surface area contributed by atoms with E-state index in [1.165, 1.54) is 6.07 Å². The molecule has 0 aliphatic carbocycles. The van der Waals surface area contributed by atoms with Crippen LogP contribution in [0.3, 0.4) is 0 Å². The van der Waals surface area contributed by atoms with Crippen molar-refractivity contribution >= 4 is 28.1 Å². The van der Waals surface area contributed by atoms with E-state index in [1.54, 1.807) is 18.3 Å². The van der Waals surface area contributed by atoms with E-state index in [0.717, 1.165) is 53.9 Å². The van der Waals surface area contributed by atoms with E-state index in [1.807, 2.05) is 48.5 Å². The number of nitro benzene ring substituents is 1. The van der Waals surface area contributed by atoms with Gasteiger partial charge in [0.25, 0.3) is 5.69 Å². The molecule has 4 aromatic rings. The number of nitrogens with zero attached hydrogens (tertiary/aromatic N) is 3. The lowest BCUT2D eigenvalue weighted by atomic mass is 9.97. The number of rotatable bonds is 6. The van der Waals surface area contributed by atoms with Crippen LogP contribution >= 0.6 is 0 Å². The first-order chi connectivity index (χ1) is 16.6. The zero-order valence-electron chi connectivity index (χ0n) is 18.6. The molecule has 5 rings (SSSR count). The molecule has 0 bridgehead atoms. The SMILES string of the molecule is O=C(Cc1cc(-c2ccccc2)ccc1[N+](=O)[O-])c1cnc2cc(N3CCNCC3)ccc2c1. The number of benzene rings is 3. The number of hydrogen-bond donors (Lipinski definition) is 1. The highest BCUT2D eigenvalue weighted by Crippen LogP contribution is 2.28. The van der Waals surface area contributed by atoms with Crippen molar-refractivity contribution in [2.45, 2.75) is 6.42 Å². The molecule has 7 heteroatoms. The van der Waals surface area contributed by atoms with Crippen LogP contribution in [0.2, 0.25) is 0 Å². The first-order valence-electron chi connectivity index (χ1n) is 11.3. The first-order valence-corrected chi connectivity index (χ1v) is 11.3. The molecule has 34 heavy (non-hydrogen) atoms. The van der Waals surface area contributed by atoms with E-state index in [2.05, 4.69) is 21.3 Å². The lowest BCUT2D eigenvalue weighted by Gasteiger charge is -2.29. The van der Waals surface area contributed by atoms with Crippen molar-refractivity contribution in [3.05, 3.63) is 100 Å². The standard InChI is InChI=1S/C27H24N4O3/c32-27(16-22-14-20(7-9-26(22)31(33)34)19-4-2-1-3-5-19)23-15-21-6-8-24(17-25(21)29-18-23)30-12-10-28-11-13-30/h1-9,14-15,17-18,28H,10-13,16H2. The molecule has 2 heterocycles. The van der Waals surface area contributed by atoms with Gasteiger partial charge in [-0.3, -0.25) is 19.9 Å². The van der Waals surface area contributed by atoms with Crippen LogP contribution in [-0.2, 0) is 6.42 Å². The minimum absolute atomic E-state index is 0.0533. The number of anilines is 1. The second-order valence-electron chi connectivity index (χ2n) is 8.40. The van der Waals surface area contributed by atoms with E-state index in [9.17, 15) is 14.9 Å². The Kier molecular flexibility index (Phi) is 6.01. The van der Waals surface area contributed by atoms with Gasteiger partial charge in [0, 0.05) is 67.1 Å². The Labute approximate surface area is 197 Å². The highest BCUT2D eigenvalue weighted by Gasteiger charge is 2.19. The summed E-state index contributed by atoms with van der Waals surface area (Å²) in [6.07, 6.45) is 1.50. The lowest BCUT2D eigenvalue weighted by molar-refractivity contribution is -0.385. The average molecular weight is 453 g/mol. The van der Waals surface area contributed by atoms with Crippen LogP contribution in [0.4, 0.5) is 11.4 Å². The van der Waals surface area contributed by atoms with Crippen molar-refractivity contribution < 1.29 is 9.72 Å². The molecule has 1 aromatic heterocycles. The maximum absolute atomic E-state index is 13.1. The molecule has 1 aliphatic rings. The molecular formula is C27H24N4O3. The van der Waals surface area contributed by atoms with Crippen molar-refractivity contribution in [2.24, 2.45) is 0 Å². The largest absolute Gasteiger partial charge is 0.369 e. The van der Waals surface area contributed by atoms with Gasteiger partial charge < -0.3 is 10.2 Å². The molecular weight excluding hydrogens is 428 g/mol. The van der Waals surface area contributed by atoms with Gasteiger partial charge in [0.1, 0.15) is 0 Å². The van der Waals surface area contributed by atoms with Crippen LogP contribution in [0.25, 0.3) is 22.0 Å². The van der Waals surface area contributed by atoms with Crippen LogP contribution in [0, 0.1) is 10.1 Å². The molecule has 0 saturated carbocycles. The predicted octanol–water partition coefficient (Wildman–Crippen LogP) is 4.65. The molecule has 170 valence electrons. The molecule has 1 fully saturated rings. The van der Waals surface area contributed by atoms with Gasteiger partial charge in [0.05, 0.1) is 10.4 Å². The van der Waals surface area contributed by atoms with Gasteiger partial charge >= 0.3 is 0 Å². The summed E-state index contributed by atoms with van der Waals surface area (Å²) < 4.78 is 0. The van der Waals surface area contributed by atoms with E-state index in [4.69, 9.17) is 0 Å². The van der Waals surface area contributed by atoms with Crippen LogP contribution in [0.5, 0.6) is 0 Å². The Bertz CT molecular complexity index is 1370. The van der Waals surface area contributed by atoms with E-state index >= 15 is 0 Å². The summed E-state index contributed by atoms with van der Waals surface area (Å²) >= 11 is 0. The number of nitrogens with one attached hydrogen (secondary N) is 1. The number of nitro groups is 1. The van der Waals surface area contributed by atoms with Crippen LogP contribution in [-0.4, -0.2) is 41.9 Å². The first kappa shape index (κ1) is 21.7. The molecule has 7 nitrogen and oxygen atoms in total. The summed E-state index contributed by atoms with van der Waals surface area (Å²) in [4.78, 5) is 31.1. The van der Waals surface area contributed by atoms with E-state index in [0.29, 0.717) is 11.1 Å². The van der Waals surface area contributed by atoms with Gasteiger partial charge in [-0.25, -0.2) is 0 Å². The van der Waals surface area contributed by atoms with Gasteiger partial charge in [-0.1, -0.05) is 36.4 Å². The minimum Gasteiger partial charge on any atom is -0.369 e. The number of pyridine rings is 1. The summed E-state index contributed by atoms with van der Waals surface area (Å²) in [5.41, 5.74) is 4.51. The zero-order chi connectivity index (χ0) is 23.5. The molecule has 0 radical (unpaired) electrons. The molecule has 0 amide bonds. The summed E-state index contributed by atoms with van der Waals surface area (Å²) in [5, 5.41) is 15.8. The number of ketones is 1. The fourth-order valence-corrected chi connectivity index (χ4v) is 4.37. The molecule has 1 saturated heterocycles. The smallest absolute Gasteiger partial charge is 0.273 e. The Morgan fingerprint density at radius 3 is 2.53 bits per heavy atom. The third-order valence-corrected chi connectivity index (χ3v) is 6.21. The van der Waals surface area contributed by atoms with Gasteiger partial charge in [0.2, 0.25) is 0 Å². The third kappa shape index (κ3) is 4.51. The summed E-state index contributed by atoms with van der Waals surface area (Å²) in [7, 11) is 0. The monoisotopic (exact) mass is 452 g/mol. The number of carbonyl (C=O) groups is 1. The number of hydrogen-bond acceptors (Lipinski definition) is 6. The Morgan fingerprint density at radius 1 is 0.971 bits per heavy atom. The maximum atomic E-state index is 13.1. The third-order valence-electron chi connectivity index (χ3n) is 6.21. The van der Waals surface area contributed by atoms with Gasteiger partial charge in [0.15, 0.2) is 5.78 Å². The van der Waals surface area contributed by atoms with E-state index in [-0.39, 0.29) is 17.9 Å². The quantitative estimate of drug-likeness (QED) is 0.260. The van der Waals surface area contributed by atoms with Crippen LogP contribution in [0.15, 0.2) is 79.0 Å². The zero-order valence-corrected chi connectivity index (χ0v) is 18.6. The van der Waals surface area contributed by atoms with Gasteiger partial charge in [-0.2, -0.15) is 0 Å². The fraction of sp³-hybridized carbons (Fsp3) is 0.185. The normalized spacial score (nSPS) is 13.7. The van der Waals surface area contributed by atoms with Gasteiger partial charge in [-0.15, -0.1) is 0 Å². The number of fused-ring (bicyclic) bond motifs is 1. The Balaban J connectivity index is 1.42. The Morgan fingerprint density at radius 2 is 1.76 bits per heavy atom. The number of piperazine rings is 1. The van der Waals surface area contributed by atoms with Crippen molar-refractivity contribution in [3.8, 4) is 11.1 Å². The minimum atomic E-state index is -0.437. The van der Waals surface area contributed by atoms with Crippen LogP contribution in [0.1, 0.15) is 15.9 Å². The molecule has 1 N–H and O–H groups in total. The Hall–Kier alpha value is -4.10. The average Bonchev–Trinajstić information content (AvgIpc) is 2.89. The number of carbonyl (C=O) groups excluding carboxylic acids is 1. The van der Waals surface area contributed by atoms with Crippen molar-refractivity contribution in [3.63, 3.8) is 0 Å². The summed E-state index contributed by atoms with van der Waals surface area (Å²) in [5.74, 6) is -0.200. The lowest BCUT2D eigenvalue weighted by Crippen LogP contribution is -2.43. The highest BCUT2D eigenvalue weighted by molar-refractivity contribution is 6.00. The second kappa shape index (κ2) is 9.41. The maximum Gasteiger partial charge on any atom is 0.273 e. The number of aromatic nitrogens is 1. The predicted molar refractivity (Wildman–Crippen MR) is 133 cm³/mol. The number of Topliss-reactive ketones (excluding diaryl/α,β-unsaturated/α-hetero) is 1. The molecule has 1 aliphatic heterocycles. The topological polar surface area (TPSA) is 88.4 Å².